The highest BCUT2D eigenvalue weighted by Gasteiger charge is 2.57. The fourth-order valence-corrected chi connectivity index (χ4v) is 7.16. The van der Waals surface area contributed by atoms with E-state index in [0.717, 1.165) is 43.4 Å². The van der Waals surface area contributed by atoms with Crippen LogP contribution >= 0.6 is 0 Å². The van der Waals surface area contributed by atoms with E-state index in [0.29, 0.717) is 29.7 Å². The van der Waals surface area contributed by atoms with Crippen molar-refractivity contribution in [1.29, 1.82) is 0 Å². The molecule has 0 spiro atoms. The number of fused-ring (bicyclic) bond motifs is 3. The van der Waals surface area contributed by atoms with Crippen molar-refractivity contribution in [2.75, 3.05) is 0 Å². The lowest BCUT2D eigenvalue weighted by molar-refractivity contribution is -0.173. The van der Waals surface area contributed by atoms with Crippen molar-refractivity contribution in [3.63, 3.8) is 0 Å². The van der Waals surface area contributed by atoms with Gasteiger partial charge in [0.2, 0.25) is 0 Å². The lowest BCUT2D eigenvalue weighted by Gasteiger charge is -2.60. The summed E-state index contributed by atoms with van der Waals surface area (Å²) in [5.74, 6) is 1.11. The van der Waals surface area contributed by atoms with Crippen LogP contribution in [0.2, 0.25) is 0 Å². The van der Waals surface area contributed by atoms with Crippen molar-refractivity contribution in [2.24, 2.45) is 23.2 Å². The first-order valence-electron chi connectivity index (χ1n) is 10.2. The Morgan fingerprint density at radius 2 is 2.00 bits per heavy atom. The summed E-state index contributed by atoms with van der Waals surface area (Å²) < 4.78 is 16.7. The van der Waals surface area contributed by atoms with Crippen LogP contribution in [0.4, 0.5) is 4.39 Å². The van der Waals surface area contributed by atoms with Crippen molar-refractivity contribution < 1.29 is 14.6 Å². The number of benzene rings is 1. The number of aliphatic hydroxyl groups excluding tert-OH is 2. The molecule has 2 aromatic rings. The monoisotopic (exact) mass is 368 g/mol. The summed E-state index contributed by atoms with van der Waals surface area (Å²) in [6.07, 6.45) is 8.49. The molecule has 5 aliphatic rings. The summed E-state index contributed by atoms with van der Waals surface area (Å²) in [6, 6.07) is 5.00. The Bertz CT molecular complexity index is 893. The molecule has 2 heterocycles. The SMILES string of the molecule is OC1C2CC3CC1CC(C(O)CC1c4c(F)cccc4-c4cncn41)(C3)C2. The molecule has 2 N–H and O–H groups in total. The Kier molecular flexibility index (Phi) is 3.26. The molecular formula is C22H25FN2O2. The molecule has 0 amide bonds. The van der Waals surface area contributed by atoms with Gasteiger partial charge < -0.3 is 14.8 Å². The maximum Gasteiger partial charge on any atom is 0.129 e. The molecule has 1 aromatic carbocycles. The predicted octanol–water partition coefficient (Wildman–Crippen LogP) is 3.53. The highest BCUT2D eigenvalue weighted by Crippen LogP contribution is 2.62. The molecule has 4 fully saturated rings. The van der Waals surface area contributed by atoms with Gasteiger partial charge in [-0.1, -0.05) is 12.1 Å². The number of aliphatic hydroxyl groups is 2. The number of nitrogens with zero attached hydrogens (tertiary/aromatic N) is 2. The second kappa shape index (κ2) is 5.42. The van der Waals surface area contributed by atoms with Gasteiger partial charge in [0.25, 0.3) is 0 Å². The second-order valence-electron chi connectivity index (χ2n) is 9.48. The molecule has 4 aliphatic carbocycles. The largest absolute Gasteiger partial charge is 0.393 e. The zero-order chi connectivity index (χ0) is 18.3. The highest BCUT2D eigenvalue weighted by atomic mass is 19.1. The van der Waals surface area contributed by atoms with Crippen LogP contribution in [0.15, 0.2) is 30.7 Å². The van der Waals surface area contributed by atoms with E-state index in [1.54, 1.807) is 18.6 Å². The minimum absolute atomic E-state index is 0.107. The summed E-state index contributed by atoms with van der Waals surface area (Å²) in [5.41, 5.74) is 2.41. The lowest BCUT2D eigenvalue weighted by Crippen LogP contribution is -2.57. The Balaban J connectivity index is 1.35. The van der Waals surface area contributed by atoms with Crippen LogP contribution in [-0.2, 0) is 0 Å². The number of halogens is 1. The van der Waals surface area contributed by atoms with Gasteiger partial charge in [-0.3, -0.25) is 0 Å². The molecule has 27 heavy (non-hydrogen) atoms. The molecule has 0 saturated heterocycles. The van der Waals surface area contributed by atoms with E-state index in [9.17, 15) is 14.6 Å². The van der Waals surface area contributed by atoms with Crippen LogP contribution in [0, 0.1) is 29.0 Å². The van der Waals surface area contributed by atoms with Crippen LogP contribution in [0.1, 0.15) is 50.1 Å². The van der Waals surface area contributed by atoms with Crippen molar-refractivity contribution in [3.05, 3.63) is 42.1 Å². The van der Waals surface area contributed by atoms with Gasteiger partial charge in [0.1, 0.15) is 5.82 Å². The molecule has 1 aromatic heterocycles. The van der Waals surface area contributed by atoms with Gasteiger partial charge >= 0.3 is 0 Å². The fourth-order valence-electron chi connectivity index (χ4n) is 7.16. The summed E-state index contributed by atoms with van der Waals surface area (Å²) in [6.45, 7) is 0. The Labute approximate surface area is 158 Å². The molecule has 4 unspecified atom stereocenters. The minimum Gasteiger partial charge on any atom is -0.393 e. The first kappa shape index (κ1) is 16.3. The summed E-state index contributed by atoms with van der Waals surface area (Å²) >= 11 is 0. The quantitative estimate of drug-likeness (QED) is 0.871. The van der Waals surface area contributed by atoms with Gasteiger partial charge in [0.15, 0.2) is 0 Å². The van der Waals surface area contributed by atoms with Crippen molar-refractivity contribution in [1.82, 2.24) is 9.55 Å². The van der Waals surface area contributed by atoms with Gasteiger partial charge in [-0.2, -0.15) is 0 Å². The Morgan fingerprint density at radius 1 is 1.22 bits per heavy atom. The molecule has 4 atom stereocenters. The van der Waals surface area contributed by atoms with Crippen LogP contribution in [0.25, 0.3) is 11.3 Å². The van der Waals surface area contributed by atoms with E-state index in [2.05, 4.69) is 4.98 Å². The van der Waals surface area contributed by atoms with Crippen molar-refractivity contribution in [3.8, 4) is 11.3 Å². The average Bonchev–Trinajstić information content (AvgIpc) is 3.22. The Morgan fingerprint density at radius 3 is 2.78 bits per heavy atom. The fraction of sp³-hybridized carbons (Fsp3) is 0.591. The van der Waals surface area contributed by atoms with Crippen molar-refractivity contribution in [2.45, 2.75) is 56.8 Å². The highest BCUT2D eigenvalue weighted by molar-refractivity contribution is 5.69. The molecule has 0 radical (unpaired) electrons. The normalized spacial score (nSPS) is 39.4. The zero-order valence-corrected chi connectivity index (χ0v) is 15.3. The minimum atomic E-state index is -0.482. The molecule has 4 saturated carbocycles. The van der Waals surface area contributed by atoms with E-state index < -0.39 is 6.10 Å². The topological polar surface area (TPSA) is 58.3 Å². The van der Waals surface area contributed by atoms with Crippen LogP contribution in [-0.4, -0.2) is 32.0 Å². The zero-order valence-electron chi connectivity index (χ0n) is 15.3. The second-order valence-corrected chi connectivity index (χ2v) is 9.48. The van der Waals surface area contributed by atoms with E-state index in [1.165, 1.54) is 6.07 Å². The van der Waals surface area contributed by atoms with Gasteiger partial charge in [-0.15, -0.1) is 0 Å². The summed E-state index contributed by atoms with van der Waals surface area (Å²) in [7, 11) is 0. The van der Waals surface area contributed by atoms with E-state index in [1.807, 2.05) is 10.6 Å². The first-order valence-corrected chi connectivity index (χ1v) is 10.2. The molecule has 4 nitrogen and oxygen atoms in total. The third-order valence-electron chi connectivity index (χ3n) is 8.09. The van der Waals surface area contributed by atoms with Crippen LogP contribution < -0.4 is 0 Å². The average molecular weight is 368 g/mol. The van der Waals surface area contributed by atoms with Gasteiger partial charge in [-0.05, 0) is 67.8 Å². The standard InChI is InChI=1S/C22H25FN2O2/c23-16-3-1-2-15-18-10-24-11-25(18)17(20(15)16)6-19(26)22-7-12-4-13(8-22)21(27)14(5-12)9-22/h1-3,10-14,17,19,21,26-27H,4-9H2. The summed E-state index contributed by atoms with van der Waals surface area (Å²) in [5, 5.41) is 21.9. The van der Waals surface area contributed by atoms with Gasteiger partial charge in [0, 0.05) is 11.1 Å². The number of rotatable bonds is 3. The molecule has 4 bridgehead atoms. The molecular weight excluding hydrogens is 343 g/mol. The summed E-state index contributed by atoms with van der Waals surface area (Å²) in [4.78, 5) is 4.26. The lowest BCUT2D eigenvalue weighted by atomic mass is 9.47. The Hall–Kier alpha value is -1.72. The van der Waals surface area contributed by atoms with E-state index in [4.69, 9.17) is 0 Å². The number of hydrogen-bond donors (Lipinski definition) is 2. The maximum atomic E-state index is 14.7. The van der Waals surface area contributed by atoms with Gasteiger partial charge in [-0.25, -0.2) is 9.37 Å². The molecule has 1 aliphatic heterocycles. The first-order chi connectivity index (χ1) is 13.1. The van der Waals surface area contributed by atoms with Crippen LogP contribution in [0.5, 0.6) is 0 Å². The molecule has 7 rings (SSSR count). The number of imidazole rings is 1. The van der Waals surface area contributed by atoms with E-state index in [-0.39, 0.29) is 23.4 Å². The maximum absolute atomic E-state index is 14.7. The third kappa shape index (κ3) is 2.13. The predicted molar refractivity (Wildman–Crippen MR) is 98.4 cm³/mol. The molecule has 142 valence electrons. The third-order valence-corrected chi connectivity index (χ3v) is 8.09. The smallest absolute Gasteiger partial charge is 0.129 e. The van der Waals surface area contributed by atoms with Crippen LogP contribution in [0.3, 0.4) is 0 Å². The van der Waals surface area contributed by atoms with E-state index >= 15 is 0 Å². The molecule has 5 heteroatoms. The van der Waals surface area contributed by atoms with Crippen molar-refractivity contribution >= 4 is 0 Å². The number of hydrogen-bond acceptors (Lipinski definition) is 3. The van der Waals surface area contributed by atoms with Gasteiger partial charge in [0.05, 0.1) is 36.5 Å². The number of aromatic nitrogens is 2.